The van der Waals surface area contributed by atoms with E-state index in [1.54, 1.807) is 31.2 Å². The van der Waals surface area contributed by atoms with E-state index < -0.39 is 0 Å². The lowest BCUT2D eigenvalue weighted by molar-refractivity contribution is 0.103. The Hall–Kier alpha value is -3.66. The lowest BCUT2D eigenvalue weighted by atomic mass is 10.0. The van der Waals surface area contributed by atoms with Crippen LogP contribution in [0.15, 0.2) is 58.3 Å². The number of para-hydroxylation sites is 1. The van der Waals surface area contributed by atoms with E-state index in [9.17, 15) is 4.79 Å². The average Bonchev–Trinajstić information content (AvgIpc) is 2.98. The highest BCUT2D eigenvalue weighted by Crippen LogP contribution is 2.28. The second kappa shape index (κ2) is 8.99. The molecule has 2 aromatic carbocycles. The van der Waals surface area contributed by atoms with E-state index in [0.717, 1.165) is 5.39 Å². The number of fused-ring (bicyclic) bond motifs is 1. The first-order valence-corrected chi connectivity index (χ1v) is 7.71. The van der Waals surface area contributed by atoms with Crippen LogP contribution in [-0.2, 0) is 0 Å². The van der Waals surface area contributed by atoms with E-state index in [4.69, 9.17) is 24.5 Å². The monoisotopic (exact) mass is 352 g/mol. The van der Waals surface area contributed by atoms with Crippen LogP contribution in [0.5, 0.6) is 5.75 Å². The fourth-order valence-corrected chi connectivity index (χ4v) is 2.51. The van der Waals surface area contributed by atoms with Crippen LogP contribution in [0.3, 0.4) is 0 Å². The van der Waals surface area contributed by atoms with Gasteiger partial charge in [0.25, 0.3) is 0 Å². The molecule has 0 atom stereocenters. The van der Waals surface area contributed by atoms with Crippen molar-refractivity contribution in [3.63, 3.8) is 0 Å². The van der Waals surface area contributed by atoms with E-state index in [0.29, 0.717) is 41.2 Å². The number of hydrogen-bond acceptors (Lipinski definition) is 6. The summed E-state index contributed by atoms with van der Waals surface area (Å²) in [4.78, 5) is 20.9. The predicted molar refractivity (Wildman–Crippen MR) is 94.1 cm³/mol. The number of carbonyl (C=O) groups excluding carboxylic acids is 1. The zero-order chi connectivity index (χ0) is 18.9. The summed E-state index contributed by atoms with van der Waals surface area (Å²) in [5, 5.41) is 17.2. The quantitative estimate of drug-likeness (QED) is 0.315. The Morgan fingerprint density at radius 3 is 2.54 bits per heavy atom. The maximum atomic E-state index is 12.8. The zero-order valence-electron chi connectivity index (χ0n) is 14.0. The molecule has 7 nitrogen and oxygen atoms in total. The van der Waals surface area contributed by atoms with Crippen molar-refractivity contribution in [2.45, 2.75) is 13.3 Å². The van der Waals surface area contributed by atoms with Gasteiger partial charge in [0.1, 0.15) is 23.7 Å². The van der Waals surface area contributed by atoms with Gasteiger partial charge in [-0.05, 0) is 37.3 Å². The number of ketones is 1. The number of rotatable bonds is 5. The third kappa shape index (κ3) is 4.24. The van der Waals surface area contributed by atoms with Crippen LogP contribution in [0.2, 0.25) is 0 Å². The van der Waals surface area contributed by atoms with E-state index in [1.165, 1.54) is 5.34 Å². The van der Waals surface area contributed by atoms with Gasteiger partial charge in [0.2, 0.25) is 0 Å². The summed E-state index contributed by atoms with van der Waals surface area (Å²) in [6.45, 7) is 2.14. The molecule has 0 fully saturated rings. The highest BCUT2D eigenvalue weighted by atomic mass is 16.6. The normalized spacial score (nSPS) is 9.69. The van der Waals surface area contributed by atoms with Crippen LogP contribution in [-0.4, -0.2) is 17.6 Å². The molecule has 0 radical (unpaired) electrons. The number of furan rings is 1. The Bertz CT molecular complexity index is 939. The highest BCUT2D eigenvalue weighted by Gasteiger charge is 2.19. The van der Waals surface area contributed by atoms with Gasteiger partial charge in [-0.2, -0.15) is 5.26 Å². The minimum Gasteiger partial charge on any atom is -0.493 e. The second-order valence-corrected chi connectivity index (χ2v) is 5.22. The number of aryl methyl sites for hydroxylation is 1. The van der Waals surface area contributed by atoms with Crippen molar-refractivity contribution in [2.75, 3.05) is 6.61 Å². The molecule has 1 heterocycles. The fraction of sp³-hybridized carbons (Fsp3) is 0.158. The van der Waals surface area contributed by atoms with Gasteiger partial charge in [-0.15, -0.1) is 4.91 Å². The first-order chi connectivity index (χ1) is 12.6. The molecule has 1 aromatic heterocycles. The van der Waals surface area contributed by atoms with Gasteiger partial charge >= 0.3 is 0 Å². The summed E-state index contributed by atoms with van der Waals surface area (Å²) in [7, 11) is 0. The molecule has 26 heavy (non-hydrogen) atoms. The third-order valence-corrected chi connectivity index (χ3v) is 3.60. The van der Waals surface area contributed by atoms with Gasteiger partial charge in [0, 0.05) is 10.9 Å². The summed E-state index contributed by atoms with van der Waals surface area (Å²) < 4.78 is 11.1. The minimum absolute atomic E-state index is 0.0731. The van der Waals surface area contributed by atoms with Crippen molar-refractivity contribution in [1.82, 2.24) is 0 Å². The van der Waals surface area contributed by atoms with Crippen molar-refractivity contribution >= 4 is 16.8 Å². The Labute approximate surface area is 149 Å². The first-order valence-electron chi connectivity index (χ1n) is 7.71. The lowest BCUT2D eigenvalue weighted by Gasteiger charge is -2.05. The molecule has 0 spiro atoms. The number of nitrogens with zero attached hydrogens (tertiary/aromatic N) is 2. The summed E-state index contributed by atoms with van der Waals surface area (Å²) in [6.07, 6.45) is 0.334. The van der Waals surface area contributed by atoms with Gasteiger partial charge in [-0.25, -0.2) is 0 Å². The van der Waals surface area contributed by atoms with E-state index in [-0.39, 0.29) is 5.78 Å². The molecular formula is C19H16N2O5. The number of ether oxygens (including phenoxy) is 1. The minimum atomic E-state index is -0.0731. The second-order valence-electron chi connectivity index (χ2n) is 5.22. The predicted octanol–water partition coefficient (Wildman–Crippen LogP) is 4.41. The van der Waals surface area contributed by atoms with Crippen LogP contribution in [0, 0.1) is 23.2 Å². The standard InChI is InChI=1S/C19H15NO3.HNO2/c1-13-18(16-5-2-3-6-17(16)23-13)19(21)14-7-9-15(10-8-14)22-12-4-11-20;2-1-3/h2-3,5-10H,4,12H2,1H3;(H,2,3). The molecule has 7 heteroatoms. The highest BCUT2D eigenvalue weighted by molar-refractivity contribution is 6.16. The molecule has 3 aromatic rings. The number of carbonyl (C=O) groups is 1. The Balaban J connectivity index is 0.000000758. The summed E-state index contributed by atoms with van der Waals surface area (Å²) >= 11 is 0. The van der Waals surface area contributed by atoms with E-state index in [2.05, 4.69) is 0 Å². The Morgan fingerprint density at radius 2 is 1.88 bits per heavy atom. The SMILES string of the molecule is Cc1oc2ccccc2c1C(=O)c1ccc(OCCC#N)cc1.O=NO. The largest absolute Gasteiger partial charge is 0.493 e. The molecule has 0 aliphatic rings. The smallest absolute Gasteiger partial charge is 0.197 e. The van der Waals surface area contributed by atoms with Crippen LogP contribution in [0.4, 0.5) is 0 Å². The van der Waals surface area contributed by atoms with Gasteiger partial charge in [0.15, 0.2) is 11.1 Å². The molecule has 0 unspecified atom stereocenters. The van der Waals surface area contributed by atoms with Crippen molar-refractivity contribution in [3.8, 4) is 11.8 Å². The fourth-order valence-electron chi connectivity index (χ4n) is 2.51. The van der Waals surface area contributed by atoms with Crippen molar-refractivity contribution in [1.29, 1.82) is 5.26 Å². The van der Waals surface area contributed by atoms with E-state index >= 15 is 0 Å². The Morgan fingerprint density at radius 1 is 1.23 bits per heavy atom. The molecule has 132 valence electrons. The molecule has 0 bridgehead atoms. The average molecular weight is 352 g/mol. The first kappa shape index (κ1) is 18.7. The third-order valence-electron chi connectivity index (χ3n) is 3.60. The summed E-state index contributed by atoms with van der Waals surface area (Å²) in [5.74, 6) is 1.19. The molecule has 3 rings (SSSR count). The van der Waals surface area contributed by atoms with Gasteiger partial charge in [0.05, 0.1) is 18.1 Å². The molecule has 0 saturated heterocycles. The van der Waals surface area contributed by atoms with Crippen molar-refractivity contribution in [3.05, 3.63) is 70.3 Å². The van der Waals surface area contributed by atoms with Crippen molar-refractivity contribution < 1.29 is 19.2 Å². The Kier molecular flexibility index (Phi) is 6.46. The maximum Gasteiger partial charge on any atom is 0.197 e. The van der Waals surface area contributed by atoms with Crippen LogP contribution in [0.1, 0.15) is 28.1 Å². The molecule has 0 aliphatic carbocycles. The van der Waals surface area contributed by atoms with Gasteiger partial charge in [-0.3, -0.25) is 4.79 Å². The number of benzene rings is 2. The van der Waals surface area contributed by atoms with Crippen LogP contribution >= 0.6 is 0 Å². The molecule has 0 saturated carbocycles. The zero-order valence-corrected chi connectivity index (χ0v) is 14.0. The van der Waals surface area contributed by atoms with Gasteiger partial charge < -0.3 is 14.4 Å². The summed E-state index contributed by atoms with van der Waals surface area (Å²) in [5.41, 5.74) is 1.89. The molecule has 0 aliphatic heterocycles. The lowest BCUT2D eigenvalue weighted by Crippen LogP contribution is -2.02. The maximum absolute atomic E-state index is 12.8. The van der Waals surface area contributed by atoms with E-state index in [1.807, 2.05) is 30.3 Å². The van der Waals surface area contributed by atoms with Crippen molar-refractivity contribution in [2.24, 2.45) is 5.34 Å². The number of nitriles is 1. The topological polar surface area (TPSA) is 113 Å². The van der Waals surface area contributed by atoms with Crippen LogP contribution < -0.4 is 4.74 Å². The van der Waals surface area contributed by atoms with Crippen LogP contribution in [0.25, 0.3) is 11.0 Å². The van der Waals surface area contributed by atoms with Gasteiger partial charge in [-0.1, -0.05) is 18.2 Å². The number of hydrogen-bond donors (Lipinski definition) is 1. The molecule has 0 amide bonds. The molecular weight excluding hydrogens is 336 g/mol. The summed E-state index contributed by atoms with van der Waals surface area (Å²) in [6, 6.07) is 16.5. The molecule has 1 N–H and O–H groups in total.